The van der Waals surface area contributed by atoms with Gasteiger partial charge in [0.15, 0.2) is 0 Å². The van der Waals surface area contributed by atoms with E-state index in [0.29, 0.717) is 28.6 Å². The maximum Gasteiger partial charge on any atom is 0.329 e. The molecule has 1 aliphatic heterocycles. The molecule has 1 unspecified atom stereocenters. The van der Waals surface area contributed by atoms with Gasteiger partial charge in [0.05, 0.1) is 12.5 Å². The van der Waals surface area contributed by atoms with Crippen LogP contribution in [0.5, 0.6) is 5.75 Å². The van der Waals surface area contributed by atoms with Gasteiger partial charge in [0.2, 0.25) is 0 Å². The van der Waals surface area contributed by atoms with Crippen molar-refractivity contribution in [2.45, 2.75) is 37.8 Å². The quantitative estimate of drug-likeness (QED) is 0.413. The summed E-state index contributed by atoms with van der Waals surface area (Å²) in [6.07, 6.45) is 2.88. The molecule has 3 heterocycles. The number of hydrogen-bond acceptors (Lipinski definition) is 5. The second-order valence-corrected chi connectivity index (χ2v) is 10.1. The number of fused-ring (bicyclic) bond motifs is 4. The Hall–Kier alpha value is -2.87. The molecule has 0 bridgehead atoms. The second-order valence-electron chi connectivity index (χ2n) is 9.26. The molecule has 8 heteroatoms. The van der Waals surface area contributed by atoms with Gasteiger partial charge in [-0.3, -0.25) is 14.3 Å². The van der Waals surface area contributed by atoms with Crippen LogP contribution in [0.1, 0.15) is 29.9 Å². The fraction of sp³-hybridized carbons (Fsp3) is 0.333. The minimum absolute atomic E-state index is 0. The van der Waals surface area contributed by atoms with Gasteiger partial charge in [-0.25, -0.2) is 4.79 Å². The molecule has 35 heavy (non-hydrogen) atoms. The molecule has 1 saturated heterocycles. The zero-order chi connectivity index (χ0) is 23.2. The fourth-order valence-electron chi connectivity index (χ4n) is 5.96. The van der Waals surface area contributed by atoms with Gasteiger partial charge in [-0.2, -0.15) is 0 Å². The Bertz CT molecular complexity index is 1480. The first-order valence-electron chi connectivity index (χ1n) is 11.8. The second kappa shape index (κ2) is 9.64. The molecule has 2 aromatic carbocycles. The normalized spacial score (nSPS) is 20.8. The van der Waals surface area contributed by atoms with Crippen molar-refractivity contribution in [1.29, 1.82) is 0 Å². The molecule has 0 amide bonds. The lowest BCUT2D eigenvalue weighted by Crippen LogP contribution is -2.37. The number of methoxy groups -OCH3 is 1. The largest absolute Gasteiger partial charge is 0.496 e. The van der Waals surface area contributed by atoms with E-state index in [1.807, 2.05) is 41.8 Å². The molecular formula is C27H28ClN3O3S. The van der Waals surface area contributed by atoms with E-state index in [1.165, 1.54) is 27.0 Å². The third-order valence-corrected chi connectivity index (χ3v) is 8.46. The molecule has 6 rings (SSSR count). The van der Waals surface area contributed by atoms with Crippen LogP contribution in [-0.2, 0) is 13.0 Å². The summed E-state index contributed by atoms with van der Waals surface area (Å²) in [4.78, 5) is 29.9. The van der Waals surface area contributed by atoms with E-state index < -0.39 is 0 Å². The van der Waals surface area contributed by atoms with Crippen LogP contribution >= 0.6 is 23.7 Å². The van der Waals surface area contributed by atoms with E-state index in [4.69, 9.17) is 4.74 Å². The average Bonchev–Trinajstić information content (AvgIpc) is 3.48. The minimum atomic E-state index is -0.334. The Morgan fingerprint density at radius 3 is 2.74 bits per heavy atom. The molecule has 2 aliphatic rings. The van der Waals surface area contributed by atoms with Crippen LogP contribution in [0.15, 0.2) is 63.5 Å². The molecule has 0 radical (unpaired) electrons. The highest BCUT2D eigenvalue weighted by Gasteiger charge is 2.40. The summed E-state index contributed by atoms with van der Waals surface area (Å²) in [5.41, 5.74) is 3.98. The van der Waals surface area contributed by atoms with Crippen LogP contribution in [0.4, 0.5) is 0 Å². The van der Waals surface area contributed by atoms with Gasteiger partial charge in [-0.05, 0) is 54.5 Å². The van der Waals surface area contributed by atoms with Crippen LogP contribution < -0.4 is 21.3 Å². The predicted octanol–water partition coefficient (Wildman–Crippen LogP) is 4.56. The first kappa shape index (κ1) is 23.9. The monoisotopic (exact) mass is 509 g/mol. The van der Waals surface area contributed by atoms with E-state index in [-0.39, 0.29) is 29.7 Å². The number of halogens is 1. The number of nitrogens with zero attached hydrogens (tertiary/aromatic N) is 1. The molecular weight excluding hydrogens is 482 g/mol. The number of aromatic nitrogens is 2. The summed E-state index contributed by atoms with van der Waals surface area (Å²) >= 11 is 1.41. The Morgan fingerprint density at radius 2 is 1.94 bits per heavy atom. The fourth-order valence-corrected chi connectivity index (χ4v) is 6.91. The summed E-state index contributed by atoms with van der Waals surface area (Å²) in [5, 5.41) is 6.24. The molecule has 1 aliphatic carbocycles. The van der Waals surface area contributed by atoms with E-state index in [1.54, 1.807) is 7.11 Å². The molecule has 1 fully saturated rings. The van der Waals surface area contributed by atoms with Gasteiger partial charge < -0.3 is 10.1 Å². The Balaban J connectivity index is 0.00000253. The minimum Gasteiger partial charge on any atom is -0.496 e. The maximum absolute atomic E-state index is 13.5. The van der Waals surface area contributed by atoms with Crippen molar-refractivity contribution in [2.75, 3.05) is 13.7 Å². The molecule has 0 saturated carbocycles. The summed E-state index contributed by atoms with van der Waals surface area (Å²) in [5.74, 6) is 1.91. The van der Waals surface area contributed by atoms with Crippen LogP contribution in [0.3, 0.4) is 0 Å². The number of hydrogen-bond donors (Lipinski definition) is 2. The number of ether oxygens (including phenoxy) is 1. The summed E-state index contributed by atoms with van der Waals surface area (Å²) in [6.45, 7) is 1.35. The van der Waals surface area contributed by atoms with Crippen molar-refractivity contribution in [3.8, 4) is 16.9 Å². The van der Waals surface area contributed by atoms with E-state index in [9.17, 15) is 9.59 Å². The van der Waals surface area contributed by atoms with E-state index >= 15 is 0 Å². The Morgan fingerprint density at radius 1 is 1.11 bits per heavy atom. The van der Waals surface area contributed by atoms with Crippen molar-refractivity contribution in [2.24, 2.45) is 5.92 Å². The van der Waals surface area contributed by atoms with Crippen LogP contribution in [0, 0.1) is 5.92 Å². The van der Waals surface area contributed by atoms with Gasteiger partial charge >= 0.3 is 5.69 Å². The van der Waals surface area contributed by atoms with Gasteiger partial charge in [0.1, 0.15) is 10.6 Å². The lowest BCUT2D eigenvalue weighted by molar-refractivity contribution is 0.371. The predicted molar refractivity (Wildman–Crippen MR) is 143 cm³/mol. The maximum atomic E-state index is 13.5. The zero-order valence-corrected chi connectivity index (χ0v) is 21.1. The molecule has 0 spiro atoms. The van der Waals surface area contributed by atoms with Crippen molar-refractivity contribution in [3.05, 3.63) is 85.9 Å². The zero-order valence-electron chi connectivity index (χ0n) is 19.5. The molecule has 3 atom stereocenters. The number of benzene rings is 2. The third kappa shape index (κ3) is 4.01. The van der Waals surface area contributed by atoms with Crippen LogP contribution in [0.25, 0.3) is 21.3 Å². The lowest BCUT2D eigenvalue weighted by atomic mass is 9.73. The van der Waals surface area contributed by atoms with Crippen molar-refractivity contribution in [3.63, 3.8) is 0 Å². The molecule has 2 N–H and O–H groups in total. The van der Waals surface area contributed by atoms with E-state index in [2.05, 4.69) is 22.4 Å². The smallest absolute Gasteiger partial charge is 0.329 e. The number of nitrogens with one attached hydrogen (secondary N) is 2. The Labute approximate surface area is 213 Å². The highest BCUT2D eigenvalue weighted by atomic mass is 35.5. The van der Waals surface area contributed by atoms with Gasteiger partial charge in [-0.1, -0.05) is 42.5 Å². The van der Waals surface area contributed by atoms with Crippen molar-refractivity contribution >= 4 is 34.0 Å². The van der Waals surface area contributed by atoms with Crippen molar-refractivity contribution in [1.82, 2.24) is 14.9 Å². The number of aromatic amines is 1. The summed E-state index contributed by atoms with van der Waals surface area (Å²) in [7, 11) is 1.73. The molecule has 4 aromatic rings. The first-order chi connectivity index (χ1) is 16.7. The SMILES string of the molecule is COc1cccc2c1CC[C@H]1CNC(CCn3c(=O)[nH]c4scc(-c5ccccc5)c4c3=O)[C@@H]21.Cl. The van der Waals surface area contributed by atoms with Gasteiger partial charge in [0.25, 0.3) is 5.56 Å². The topological polar surface area (TPSA) is 76.1 Å². The standard InChI is InChI=1S/C27H27N3O3S.ClH/c1-33-22-9-5-8-19-18(22)11-10-17-14-28-21(23(17)19)12-13-30-26(31)24-20(16-6-3-2-4-7-16)15-34-25(24)29-27(30)32;/h2-9,15,17,21,23,28H,10-14H2,1H3,(H,29,32);1H/t17-,21?,23+;/m0./s1. The molecule has 182 valence electrons. The number of thiophene rings is 1. The summed E-state index contributed by atoms with van der Waals surface area (Å²) in [6, 6.07) is 16.4. The average molecular weight is 510 g/mol. The highest BCUT2D eigenvalue weighted by molar-refractivity contribution is 7.17. The molecule has 6 nitrogen and oxygen atoms in total. The van der Waals surface area contributed by atoms with Gasteiger partial charge in [0, 0.05) is 29.4 Å². The van der Waals surface area contributed by atoms with Crippen LogP contribution in [0.2, 0.25) is 0 Å². The summed E-state index contributed by atoms with van der Waals surface area (Å²) < 4.78 is 7.01. The lowest BCUT2D eigenvalue weighted by Gasteiger charge is -2.32. The van der Waals surface area contributed by atoms with E-state index in [0.717, 1.165) is 42.7 Å². The Kier molecular flexibility index (Phi) is 6.57. The van der Waals surface area contributed by atoms with Crippen LogP contribution in [-0.4, -0.2) is 29.2 Å². The van der Waals surface area contributed by atoms with Crippen molar-refractivity contribution < 1.29 is 4.74 Å². The third-order valence-electron chi connectivity index (χ3n) is 7.56. The number of H-pyrrole nitrogens is 1. The molecule has 2 aromatic heterocycles. The van der Waals surface area contributed by atoms with Gasteiger partial charge in [-0.15, -0.1) is 23.7 Å². The number of rotatable bonds is 5. The highest BCUT2D eigenvalue weighted by Crippen LogP contribution is 2.45. The first-order valence-corrected chi connectivity index (χ1v) is 12.7.